The second-order valence-electron chi connectivity index (χ2n) is 5.50. The molecular formula is C17H16ClNO. The van der Waals surface area contributed by atoms with Gasteiger partial charge in [0.15, 0.2) is 5.78 Å². The molecule has 2 N–H and O–H groups in total. The van der Waals surface area contributed by atoms with Gasteiger partial charge in [-0.1, -0.05) is 35.9 Å². The summed E-state index contributed by atoms with van der Waals surface area (Å²) in [5.41, 5.74) is 8.79. The van der Waals surface area contributed by atoms with Crippen LogP contribution in [0.15, 0.2) is 42.5 Å². The molecule has 3 rings (SSSR count). The zero-order valence-corrected chi connectivity index (χ0v) is 12.1. The second kappa shape index (κ2) is 4.64. The number of rotatable bonds is 3. The average Bonchev–Trinajstić information content (AvgIpc) is 3.23. The van der Waals surface area contributed by atoms with Crippen LogP contribution in [0.1, 0.15) is 34.3 Å². The summed E-state index contributed by atoms with van der Waals surface area (Å²) in [6, 6.07) is 13.1. The van der Waals surface area contributed by atoms with Gasteiger partial charge >= 0.3 is 0 Å². The first-order valence-electron chi connectivity index (χ1n) is 6.70. The van der Waals surface area contributed by atoms with Crippen molar-refractivity contribution in [1.29, 1.82) is 0 Å². The standard InChI is InChI=1S/C17H16ClNO/c1-11-2-3-12(10-15(11)18)16(20)17(8-9-17)13-4-6-14(19)7-5-13/h2-7,10H,8-9,19H2,1H3. The first-order chi connectivity index (χ1) is 9.53. The van der Waals surface area contributed by atoms with Crippen molar-refractivity contribution in [1.82, 2.24) is 0 Å². The molecule has 1 aliphatic rings. The van der Waals surface area contributed by atoms with Crippen molar-refractivity contribution in [2.24, 2.45) is 0 Å². The van der Waals surface area contributed by atoms with E-state index >= 15 is 0 Å². The maximum absolute atomic E-state index is 12.8. The van der Waals surface area contributed by atoms with Crippen LogP contribution < -0.4 is 5.73 Å². The van der Waals surface area contributed by atoms with E-state index in [-0.39, 0.29) is 11.2 Å². The van der Waals surface area contributed by atoms with Crippen LogP contribution >= 0.6 is 11.6 Å². The molecule has 0 spiro atoms. The third-order valence-electron chi connectivity index (χ3n) is 4.08. The largest absolute Gasteiger partial charge is 0.399 e. The topological polar surface area (TPSA) is 43.1 Å². The molecule has 0 atom stereocenters. The minimum atomic E-state index is -0.369. The molecule has 2 aromatic rings. The van der Waals surface area contributed by atoms with E-state index < -0.39 is 0 Å². The van der Waals surface area contributed by atoms with Gasteiger partial charge in [-0.3, -0.25) is 4.79 Å². The molecule has 0 saturated heterocycles. The van der Waals surface area contributed by atoms with E-state index in [1.165, 1.54) is 0 Å². The average molecular weight is 286 g/mol. The van der Waals surface area contributed by atoms with E-state index in [0.717, 1.165) is 29.7 Å². The number of carbonyl (C=O) groups excluding carboxylic acids is 1. The van der Waals surface area contributed by atoms with Crippen LogP contribution in [0.5, 0.6) is 0 Å². The molecule has 0 heterocycles. The van der Waals surface area contributed by atoms with Gasteiger partial charge in [-0.2, -0.15) is 0 Å². The summed E-state index contributed by atoms with van der Waals surface area (Å²) in [7, 11) is 0. The Morgan fingerprint density at radius 1 is 1.15 bits per heavy atom. The van der Waals surface area contributed by atoms with Gasteiger partial charge in [-0.05, 0) is 49.1 Å². The lowest BCUT2D eigenvalue weighted by molar-refractivity contribution is 0.0946. The Morgan fingerprint density at radius 3 is 2.35 bits per heavy atom. The first-order valence-corrected chi connectivity index (χ1v) is 7.08. The number of ketones is 1. The number of halogens is 1. The fourth-order valence-corrected chi connectivity index (χ4v) is 2.76. The number of anilines is 1. The molecule has 1 fully saturated rings. The highest BCUT2D eigenvalue weighted by Gasteiger charge is 2.51. The van der Waals surface area contributed by atoms with Gasteiger partial charge < -0.3 is 5.73 Å². The van der Waals surface area contributed by atoms with Crippen molar-refractivity contribution in [3.05, 3.63) is 64.2 Å². The maximum atomic E-state index is 12.8. The highest BCUT2D eigenvalue weighted by Crippen LogP contribution is 2.50. The molecule has 0 unspecified atom stereocenters. The molecule has 1 saturated carbocycles. The summed E-state index contributed by atoms with van der Waals surface area (Å²) < 4.78 is 0. The summed E-state index contributed by atoms with van der Waals surface area (Å²) in [6.45, 7) is 1.93. The predicted octanol–water partition coefficient (Wildman–Crippen LogP) is 4.15. The summed E-state index contributed by atoms with van der Waals surface area (Å²) in [5, 5.41) is 0.643. The van der Waals surface area contributed by atoms with E-state index in [4.69, 9.17) is 17.3 Å². The highest BCUT2D eigenvalue weighted by atomic mass is 35.5. The highest BCUT2D eigenvalue weighted by molar-refractivity contribution is 6.31. The van der Waals surface area contributed by atoms with Gasteiger partial charge in [0.1, 0.15) is 0 Å². The molecule has 1 aliphatic carbocycles. The van der Waals surface area contributed by atoms with Crippen molar-refractivity contribution in [3.63, 3.8) is 0 Å². The van der Waals surface area contributed by atoms with Crippen LogP contribution in [0.3, 0.4) is 0 Å². The molecule has 3 heteroatoms. The smallest absolute Gasteiger partial charge is 0.173 e. The third kappa shape index (κ3) is 2.10. The number of benzene rings is 2. The monoisotopic (exact) mass is 285 g/mol. The van der Waals surface area contributed by atoms with Crippen LogP contribution in [0, 0.1) is 6.92 Å². The molecular weight excluding hydrogens is 270 g/mol. The van der Waals surface area contributed by atoms with Crippen LogP contribution in [0.2, 0.25) is 5.02 Å². The van der Waals surface area contributed by atoms with Gasteiger partial charge in [0, 0.05) is 16.3 Å². The zero-order valence-electron chi connectivity index (χ0n) is 11.3. The Kier molecular flexibility index (Phi) is 3.06. The predicted molar refractivity (Wildman–Crippen MR) is 82.3 cm³/mol. The van der Waals surface area contributed by atoms with Crippen LogP contribution in [-0.4, -0.2) is 5.78 Å². The number of aryl methyl sites for hydroxylation is 1. The zero-order chi connectivity index (χ0) is 14.3. The van der Waals surface area contributed by atoms with Crippen molar-refractivity contribution in [3.8, 4) is 0 Å². The lowest BCUT2D eigenvalue weighted by atomic mass is 9.87. The van der Waals surface area contributed by atoms with Crippen molar-refractivity contribution in [2.75, 3.05) is 5.73 Å². The minimum absolute atomic E-state index is 0.157. The lowest BCUT2D eigenvalue weighted by Crippen LogP contribution is -2.20. The number of nitrogen functional groups attached to an aromatic ring is 1. The lowest BCUT2D eigenvalue weighted by Gasteiger charge is -2.15. The fraction of sp³-hybridized carbons (Fsp3) is 0.235. The normalized spacial score (nSPS) is 15.9. The third-order valence-corrected chi connectivity index (χ3v) is 4.49. The van der Waals surface area contributed by atoms with Crippen LogP contribution in [-0.2, 0) is 5.41 Å². The fourth-order valence-electron chi connectivity index (χ4n) is 2.58. The molecule has 0 bridgehead atoms. The van der Waals surface area contributed by atoms with E-state index in [9.17, 15) is 4.79 Å². The summed E-state index contributed by atoms with van der Waals surface area (Å²) in [4.78, 5) is 12.8. The Morgan fingerprint density at radius 2 is 1.80 bits per heavy atom. The van der Waals surface area contributed by atoms with Crippen molar-refractivity contribution >= 4 is 23.1 Å². The van der Waals surface area contributed by atoms with E-state index in [0.29, 0.717) is 10.6 Å². The Labute approximate surface area is 123 Å². The molecule has 102 valence electrons. The number of carbonyl (C=O) groups is 1. The molecule has 2 aromatic carbocycles. The van der Waals surface area contributed by atoms with E-state index in [1.54, 1.807) is 6.07 Å². The Bertz CT molecular complexity index is 672. The van der Waals surface area contributed by atoms with Gasteiger partial charge in [0.2, 0.25) is 0 Å². The van der Waals surface area contributed by atoms with E-state index in [2.05, 4.69) is 0 Å². The van der Waals surface area contributed by atoms with Crippen LogP contribution in [0.25, 0.3) is 0 Å². The molecule has 0 radical (unpaired) electrons. The van der Waals surface area contributed by atoms with Crippen molar-refractivity contribution in [2.45, 2.75) is 25.2 Å². The molecule has 0 aliphatic heterocycles. The van der Waals surface area contributed by atoms with Crippen molar-refractivity contribution < 1.29 is 4.79 Å². The summed E-state index contributed by atoms with van der Waals surface area (Å²) >= 11 is 6.13. The molecule has 20 heavy (non-hydrogen) atoms. The Hall–Kier alpha value is -1.80. The van der Waals surface area contributed by atoms with Gasteiger partial charge in [0.25, 0.3) is 0 Å². The Balaban J connectivity index is 1.97. The molecule has 0 amide bonds. The maximum Gasteiger partial charge on any atom is 0.173 e. The van der Waals surface area contributed by atoms with Crippen LogP contribution in [0.4, 0.5) is 5.69 Å². The summed E-state index contributed by atoms with van der Waals surface area (Å²) in [6.07, 6.45) is 1.78. The molecule has 2 nitrogen and oxygen atoms in total. The minimum Gasteiger partial charge on any atom is -0.399 e. The van der Waals surface area contributed by atoms with Gasteiger partial charge in [-0.25, -0.2) is 0 Å². The SMILES string of the molecule is Cc1ccc(C(=O)C2(c3ccc(N)cc3)CC2)cc1Cl. The van der Waals surface area contributed by atoms with Gasteiger partial charge in [0.05, 0.1) is 5.41 Å². The quantitative estimate of drug-likeness (QED) is 0.680. The number of hydrogen-bond donors (Lipinski definition) is 1. The second-order valence-corrected chi connectivity index (χ2v) is 5.90. The number of Topliss-reactive ketones (excluding diaryl/α,β-unsaturated/α-hetero) is 1. The molecule has 0 aromatic heterocycles. The number of nitrogens with two attached hydrogens (primary N) is 1. The van der Waals surface area contributed by atoms with Gasteiger partial charge in [-0.15, -0.1) is 0 Å². The summed E-state index contributed by atoms with van der Waals surface area (Å²) in [5.74, 6) is 0.157. The van der Waals surface area contributed by atoms with E-state index in [1.807, 2.05) is 43.3 Å². The number of hydrogen-bond acceptors (Lipinski definition) is 2. The first kappa shape index (κ1) is 13.2.